The van der Waals surface area contributed by atoms with Crippen LogP contribution in [-0.2, 0) is 9.59 Å². The Balaban J connectivity index is 1.91. The summed E-state index contributed by atoms with van der Waals surface area (Å²) in [6, 6.07) is 14.3. The zero-order valence-electron chi connectivity index (χ0n) is 15.5. The molecule has 1 amide bonds. The van der Waals surface area contributed by atoms with E-state index in [2.05, 4.69) is 9.97 Å². The maximum Gasteiger partial charge on any atom is 0.301 e. The number of carbonyl (C=O) groups excluding carboxylic acids is 2. The lowest BCUT2D eigenvalue weighted by Crippen LogP contribution is -2.30. The fraction of sp³-hybridized carbons (Fsp3) is 0.0909. The number of methoxy groups -OCH3 is 1. The maximum absolute atomic E-state index is 12.9. The Kier molecular flexibility index (Phi) is 4.78. The third-order valence-electron chi connectivity index (χ3n) is 4.70. The molecule has 29 heavy (non-hydrogen) atoms. The molecule has 1 aromatic carbocycles. The van der Waals surface area contributed by atoms with E-state index < -0.39 is 17.7 Å². The van der Waals surface area contributed by atoms with Gasteiger partial charge >= 0.3 is 5.91 Å². The fourth-order valence-corrected chi connectivity index (χ4v) is 3.32. The predicted octanol–water partition coefficient (Wildman–Crippen LogP) is 3.11. The van der Waals surface area contributed by atoms with Crippen molar-refractivity contribution in [2.45, 2.75) is 6.04 Å². The number of hydrogen-bond donors (Lipinski definition) is 1. The molecule has 1 atom stereocenters. The van der Waals surface area contributed by atoms with Crippen molar-refractivity contribution in [1.29, 1.82) is 0 Å². The molecule has 1 aliphatic heterocycles. The van der Waals surface area contributed by atoms with Crippen LogP contribution in [0.25, 0.3) is 5.76 Å². The lowest BCUT2D eigenvalue weighted by atomic mass is 9.96. The van der Waals surface area contributed by atoms with E-state index >= 15 is 0 Å². The highest BCUT2D eigenvalue weighted by molar-refractivity contribution is 6.51. The van der Waals surface area contributed by atoms with Crippen LogP contribution in [0.4, 0.5) is 5.82 Å². The normalized spacial score (nSPS) is 18.1. The van der Waals surface area contributed by atoms with Crippen LogP contribution in [-0.4, -0.2) is 33.9 Å². The number of aliphatic hydroxyl groups is 1. The van der Waals surface area contributed by atoms with E-state index in [0.717, 1.165) is 0 Å². The Labute approximate surface area is 166 Å². The van der Waals surface area contributed by atoms with Gasteiger partial charge in [-0.1, -0.05) is 12.1 Å². The van der Waals surface area contributed by atoms with Crippen molar-refractivity contribution >= 4 is 23.3 Å². The van der Waals surface area contributed by atoms with Gasteiger partial charge in [0.2, 0.25) is 0 Å². The van der Waals surface area contributed by atoms with Crippen molar-refractivity contribution in [1.82, 2.24) is 9.97 Å². The minimum atomic E-state index is -0.847. The van der Waals surface area contributed by atoms with Gasteiger partial charge in [-0.2, -0.15) is 0 Å². The second-order valence-electron chi connectivity index (χ2n) is 6.37. The molecule has 0 unspecified atom stereocenters. The van der Waals surface area contributed by atoms with Crippen molar-refractivity contribution in [3.8, 4) is 5.75 Å². The Bertz CT molecular complexity index is 1080. The summed E-state index contributed by atoms with van der Waals surface area (Å²) in [6.45, 7) is 0. The van der Waals surface area contributed by atoms with Crippen molar-refractivity contribution < 1.29 is 19.4 Å². The highest BCUT2D eigenvalue weighted by atomic mass is 16.5. The summed E-state index contributed by atoms with van der Waals surface area (Å²) in [4.78, 5) is 35.4. The minimum Gasteiger partial charge on any atom is -0.507 e. The maximum atomic E-state index is 12.9. The quantitative estimate of drug-likeness (QED) is 0.420. The molecule has 3 heterocycles. The summed E-state index contributed by atoms with van der Waals surface area (Å²) >= 11 is 0. The zero-order chi connectivity index (χ0) is 20.4. The molecule has 1 aliphatic rings. The molecule has 0 aliphatic carbocycles. The molecule has 1 N–H and O–H groups in total. The number of anilines is 1. The lowest BCUT2D eigenvalue weighted by molar-refractivity contribution is -0.132. The topological polar surface area (TPSA) is 92.6 Å². The first-order valence-electron chi connectivity index (χ1n) is 8.88. The highest BCUT2D eigenvalue weighted by Crippen LogP contribution is 2.41. The van der Waals surface area contributed by atoms with Gasteiger partial charge in [-0.15, -0.1) is 0 Å². The summed E-state index contributed by atoms with van der Waals surface area (Å²) in [5.74, 6) is -0.875. The molecule has 144 valence electrons. The van der Waals surface area contributed by atoms with Gasteiger partial charge in [0, 0.05) is 24.2 Å². The van der Waals surface area contributed by atoms with Crippen molar-refractivity contribution in [2.75, 3.05) is 12.0 Å². The standard InChI is InChI=1S/C22H17N3O4/c1-29-16-9-7-14(8-10-16)20(26)18-19(15-5-4-11-23-13-15)25(22(28)21(18)27)17-6-2-3-12-24-17/h2-13,19,26H,1H3/t19-/m0/s1. The van der Waals surface area contributed by atoms with Crippen molar-refractivity contribution in [3.05, 3.63) is 89.9 Å². The Morgan fingerprint density at radius 2 is 1.83 bits per heavy atom. The van der Waals surface area contributed by atoms with E-state index in [9.17, 15) is 14.7 Å². The van der Waals surface area contributed by atoms with E-state index in [1.165, 1.54) is 12.0 Å². The number of rotatable bonds is 4. The first-order valence-corrected chi connectivity index (χ1v) is 8.88. The van der Waals surface area contributed by atoms with Crippen LogP contribution < -0.4 is 9.64 Å². The molecule has 0 saturated carbocycles. The number of ketones is 1. The third kappa shape index (κ3) is 3.23. The first-order chi connectivity index (χ1) is 14.1. The van der Waals surface area contributed by atoms with Crippen LogP contribution in [0.15, 0.2) is 78.8 Å². The first kappa shape index (κ1) is 18.4. The molecule has 1 fully saturated rings. The number of pyridine rings is 2. The number of aliphatic hydroxyl groups excluding tert-OH is 1. The summed E-state index contributed by atoms with van der Waals surface area (Å²) in [5, 5.41) is 11.0. The van der Waals surface area contributed by atoms with E-state index in [-0.39, 0.29) is 11.3 Å². The average molecular weight is 387 g/mol. The van der Waals surface area contributed by atoms with Gasteiger partial charge in [-0.05, 0) is 48.0 Å². The number of Topliss-reactive ketones (excluding diaryl/α,β-unsaturated/α-hetero) is 1. The van der Waals surface area contributed by atoms with Crippen LogP contribution in [0, 0.1) is 0 Å². The van der Waals surface area contributed by atoms with Gasteiger partial charge in [-0.3, -0.25) is 19.5 Å². The van der Waals surface area contributed by atoms with Gasteiger partial charge < -0.3 is 9.84 Å². The van der Waals surface area contributed by atoms with E-state index in [4.69, 9.17) is 4.74 Å². The average Bonchev–Trinajstić information content (AvgIpc) is 3.05. The van der Waals surface area contributed by atoms with Crippen LogP contribution in [0.1, 0.15) is 17.2 Å². The van der Waals surface area contributed by atoms with Crippen LogP contribution in [0.2, 0.25) is 0 Å². The highest BCUT2D eigenvalue weighted by Gasteiger charge is 2.47. The van der Waals surface area contributed by atoms with Gasteiger partial charge in [-0.25, -0.2) is 4.98 Å². The smallest absolute Gasteiger partial charge is 0.301 e. The minimum absolute atomic E-state index is 0.0150. The molecule has 1 saturated heterocycles. The fourth-order valence-electron chi connectivity index (χ4n) is 3.32. The number of ether oxygens (including phenoxy) is 1. The molecule has 7 heteroatoms. The Morgan fingerprint density at radius 1 is 1.03 bits per heavy atom. The van der Waals surface area contributed by atoms with Gasteiger partial charge in [0.25, 0.3) is 5.78 Å². The predicted molar refractivity (Wildman–Crippen MR) is 106 cm³/mol. The van der Waals surface area contributed by atoms with Crippen LogP contribution in [0.5, 0.6) is 5.75 Å². The number of nitrogens with zero attached hydrogens (tertiary/aromatic N) is 3. The molecular formula is C22H17N3O4. The lowest BCUT2D eigenvalue weighted by Gasteiger charge is -2.24. The summed E-state index contributed by atoms with van der Waals surface area (Å²) < 4.78 is 5.13. The molecule has 4 rings (SSSR count). The van der Waals surface area contributed by atoms with Crippen LogP contribution >= 0.6 is 0 Å². The number of aromatic nitrogens is 2. The number of carbonyl (C=O) groups is 2. The van der Waals surface area contributed by atoms with Crippen LogP contribution in [0.3, 0.4) is 0 Å². The summed E-state index contributed by atoms with van der Waals surface area (Å²) in [6.07, 6.45) is 4.70. The molecule has 0 bridgehead atoms. The SMILES string of the molecule is COc1ccc(C(O)=C2C(=O)C(=O)N(c3ccccn3)[C@H]2c2cccnc2)cc1. The number of benzene rings is 1. The van der Waals surface area contributed by atoms with Gasteiger partial charge in [0.05, 0.1) is 18.7 Å². The van der Waals surface area contributed by atoms with Gasteiger partial charge in [0.15, 0.2) is 0 Å². The van der Waals surface area contributed by atoms with Crippen molar-refractivity contribution in [2.24, 2.45) is 0 Å². The largest absolute Gasteiger partial charge is 0.507 e. The molecule has 3 aromatic rings. The van der Waals surface area contributed by atoms with E-state index in [0.29, 0.717) is 22.7 Å². The molecule has 0 radical (unpaired) electrons. The van der Waals surface area contributed by atoms with Gasteiger partial charge in [0.1, 0.15) is 17.3 Å². The Morgan fingerprint density at radius 3 is 2.45 bits per heavy atom. The summed E-state index contributed by atoms with van der Waals surface area (Å²) in [5.41, 5.74) is 0.977. The molecule has 7 nitrogen and oxygen atoms in total. The molecule has 0 spiro atoms. The summed E-state index contributed by atoms with van der Waals surface area (Å²) in [7, 11) is 1.54. The zero-order valence-corrected chi connectivity index (χ0v) is 15.5. The number of hydrogen-bond acceptors (Lipinski definition) is 6. The second-order valence-corrected chi connectivity index (χ2v) is 6.37. The van der Waals surface area contributed by atoms with Crippen molar-refractivity contribution in [3.63, 3.8) is 0 Å². The Hall–Kier alpha value is -4.00. The van der Waals surface area contributed by atoms with E-state index in [1.807, 2.05) is 0 Å². The third-order valence-corrected chi connectivity index (χ3v) is 4.70. The molecular weight excluding hydrogens is 370 g/mol. The number of amides is 1. The second kappa shape index (κ2) is 7.55. The monoisotopic (exact) mass is 387 g/mol. The molecule has 2 aromatic heterocycles. The van der Waals surface area contributed by atoms with E-state index in [1.54, 1.807) is 73.2 Å².